The first-order valence-corrected chi connectivity index (χ1v) is 6.79. The van der Waals surface area contributed by atoms with Crippen molar-refractivity contribution in [1.29, 1.82) is 0 Å². The van der Waals surface area contributed by atoms with E-state index in [4.69, 9.17) is 5.73 Å². The van der Waals surface area contributed by atoms with Crippen LogP contribution in [-0.4, -0.2) is 0 Å². The molecule has 17 heavy (non-hydrogen) atoms. The molecule has 0 aliphatic rings. The van der Waals surface area contributed by atoms with Gasteiger partial charge in [-0.3, -0.25) is 0 Å². The van der Waals surface area contributed by atoms with Gasteiger partial charge >= 0.3 is 0 Å². The topological polar surface area (TPSA) is 26.0 Å². The van der Waals surface area contributed by atoms with Crippen LogP contribution in [0.15, 0.2) is 48.5 Å². The Morgan fingerprint density at radius 2 is 1.82 bits per heavy atom. The largest absolute Gasteiger partial charge is 0.324 e. The number of hydrogen-bond acceptors (Lipinski definition) is 1. The van der Waals surface area contributed by atoms with Gasteiger partial charge in [0.2, 0.25) is 0 Å². The van der Waals surface area contributed by atoms with Crippen molar-refractivity contribution >= 4 is 22.6 Å². The van der Waals surface area contributed by atoms with Crippen LogP contribution >= 0.6 is 22.6 Å². The highest BCUT2D eigenvalue weighted by atomic mass is 127. The molecule has 0 aliphatic heterocycles. The second-order valence-corrected chi connectivity index (χ2v) is 5.60. The number of nitrogens with two attached hydrogens (primary N) is 1. The summed E-state index contributed by atoms with van der Waals surface area (Å²) in [6, 6.07) is 17.1. The van der Waals surface area contributed by atoms with Crippen LogP contribution < -0.4 is 5.73 Å². The van der Waals surface area contributed by atoms with E-state index in [1.165, 1.54) is 20.3 Å². The molecular weight excluding hydrogens is 321 g/mol. The Kier molecular flexibility index (Phi) is 4.18. The highest BCUT2D eigenvalue weighted by Crippen LogP contribution is 2.18. The van der Waals surface area contributed by atoms with Crippen molar-refractivity contribution in [3.8, 4) is 0 Å². The van der Waals surface area contributed by atoms with Crippen molar-refractivity contribution in [2.75, 3.05) is 0 Å². The quantitative estimate of drug-likeness (QED) is 0.846. The Labute approximate surface area is 116 Å². The van der Waals surface area contributed by atoms with Gasteiger partial charge in [0.1, 0.15) is 0 Å². The molecule has 2 aromatic carbocycles. The molecule has 88 valence electrons. The normalized spacial score (nSPS) is 12.4. The maximum atomic E-state index is 6.23. The molecule has 0 bridgehead atoms. The Balaban J connectivity index is 2.11. The van der Waals surface area contributed by atoms with E-state index in [0.717, 1.165) is 6.42 Å². The zero-order chi connectivity index (χ0) is 12.3. The van der Waals surface area contributed by atoms with Crippen molar-refractivity contribution < 1.29 is 0 Å². The lowest BCUT2D eigenvalue weighted by Crippen LogP contribution is -2.13. The van der Waals surface area contributed by atoms with Crippen LogP contribution in [-0.2, 0) is 6.42 Å². The summed E-state index contributed by atoms with van der Waals surface area (Å²) in [5.74, 6) is 0. The lowest BCUT2D eigenvalue weighted by molar-refractivity contribution is 0.721. The standard InChI is InChI=1S/C15H16IN/c1-11-5-7-12(8-6-11)9-15(17)13-3-2-4-14(16)10-13/h2-8,10,15H,9,17H2,1H3. The maximum absolute atomic E-state index is 6.23. The first kappa shape index (κ1) is 12.6. The maximum Gasteiger partial charge on any atom is 0.0336 e. The average Bonchev–Trinajstić information content (AvgIpc) is 2.32. The van der Waals surface area contributed by atoms with Crippen molar-refractivity contribution in [3.63, 3.8) is 0 Å². The lowest BCUT2D eigenvalue weighted by atomic mass is 9.99. The second kappa shape index (κ2) is 5.65. The van der Waals surface area contributed by atoms with Crippen molar-refractivity contribution in [2.45, 2.75) is 19.4 Å². The minimum atomic E-state index is 0.0763. The monoisotopic (exact) mass is 337 g/mol. The smallest absolute Gasteiger partial charge is 0.0336 e. The molecule has 0 heterocycles. The summed E-state index contributed by atoms with van der Waals surface area (Å²) < 4.78 is 1.24. The summed E-state index contributed by atoms with van der Waals surface area (Å²) in [7, 11) is 0. The first-order valence-electron chi connectivity index (χ1n) is 5.72. The predicted octanol–water partition coefficient (Wildman–Crippen LogP) is 3.84. The Hall–Kier alpha value is -0.870. The molecule has 0 fully saturated rings. The molecule has 0 aliphatic carbocycles. The molecule has 0 radical (unpaired) electrons. The van der Waals surface area contributed by atoms with Gasteiger partial charge in [0.25, 0.3) is 0 Å². The van der Waals surface area contributed by atoms with Crippen LogP contribution in [0.4, 0.5) is 0 Å². The van der Waals surface area contributed by atoms with Crippen molar-refractivity contribution in [1.82, 2.24) is 0 Å². The molecule has 0 spiro atoms. The fraction of sp³-hybridized carbons (Fsp3) is 0.200. The van der Waals surface area contributed by atoms with Gasteiger partial charge in [-0.25, -0.2) is 0 Å². The van der Waals surface area contributed by atoms with E-state index in [9.17, 15) is 0 Å². The van der Waals surface area contributed by atoms with E-state index in [1.54, 1.807) is 0 Å². The summed E-state index contributed by atoms with van der Waals surface area (Å²) >= 11 is 2.32. The third kappa shape index (κ3) is 3.54. The molecule has 0 aromatic heterocycles. The molecule has 1 unspecified atom stereocenters. The minimum Gasteiger partial charge on any atom is -0.324 e. The Morgan fingerprint density at radius 3 is 2.47 bits per heavy atom. The molecular formula is C15H16IN. The molecule has 0 saturated carbocycles. The molecule has 1 nitrogen and oxygen atoms in total. The summed E-state index contributed by atoms with van der Waals surface area (Å²) in [6.07, 6.45) is 0.889. The van der Waals surface area contributed by atoms with Crippen molar-refractivity contribution in [3.05, 3.63) is 68.8 Å². The number of aryl methyl sites for hydroxylation is 1. The molecule has 0 saturated heterocycles. The average molecular weight is 337 g/mol. The second-order valence-electron chi connectivity index (χ2n) is 4.35. The third-order valence-electron chi connectivity index (χ3n) is 2.85. The lowest BCUT2D eigenvalue weighted by Gasteiger charge is -2.12. The fourth-order valence-corrected chi connectivity index (χ4v) is 2.40. The predicted molar refractivity (Wildman–Crippen MR) is 81.0 cm³/mol. The van der Waals surface area contributed by atoms with Crippen LogP contribution in [0.3, 0.4) is 0 Å². The SMILES string of the molecule is Cc1ccc(CC(N)c2cccc(I)c2)cc1. The van der Waals surface area contributed by atoms with Gasteiger partial charge < -0.3 is 5.73 Å². The van der Waals surface area contributed by atoms with E-state index < -0.39 is 0 Å². The Morgan fingerprint density at radius 1 is 1.12 bits per heavy atom. The third-order valence-corrected chi connectivity index (χ3v) is 3.52. The van der Waals surface area contributed by atoms with E-state index in [-0.39, 0.29) is 6.04 Å². The van der Waals surface area contributed by atoms with Crippen molar-refractivity contribution in [2.24, 2.45) is 5.73 Å². The van der Waals surface area contributed by atoms with Gasteiger partial charge in [0.15, 0.2) is 0 Å². The van der Waals surface area contributed by atoms with Crippen LogP contribution in [0.5, 0.6) is 0 Å². The van der Waals surface area contributed by atoms with Gasteiger partial charge in [0, 0.05) is 9.61 Å². The van der Waals surface area contributed by atoms with Gasteiger partial charge in [-0.2, -0.15) is 0 Å². The number of hydrogen-bond donors (Lipinski definition) is 1. The van der Waals surface area contributed by atoms with E-state index >= 15 is 0 Å². The van der Waals surface area contributed by atoms with Crippen LogP contribution in [0.25, 0.3) is 0 Å². The molecule has 2 heteroatoms. The van der Waals surface area contributed by atoms with E-state index in [2.05, 4.69) is 78.0 Å². The van der Waals surface area contributed by atoms with Gasteiger partial charge in [0.05, 0.1) is 0 Å². The fourth-order valence-electron chi connectivity index (χ4n) is 1.83. The molecule has 2 rings (SSSR count). The first-order chi connectivity index (χ1) is 8.15. The van der Waals surface area contributed by atoms with E-state index in [1.807, 2.05) is 0 Å². The molecule has 1 atom stereocenters. The molecule has 2 aromatic rings. The number of rotatable bonds is 3. The van der Waals surface area contributed by atoms with Gasteiger partial charge in [-0.05, 0) is 59.2 Å². The van der Waals surface area contributed by atoms with E-state index in [0.29, 0.717) is 0 Å². The molecule has 2 N–H and O–H groups in total. The highest BCUT2D eigenvalue weighted by molar-refractivity contribution is 14.1. The zero-order valence-corrected chi connectivity index (χ0v) is 12.0. The van der Waals surface area contributed by atoms with Crippen LogP contribution in [0.1, 0.15) is 22.7 Å². The summed E-state index contributed by atoms with van der Waals surface area (Å²) in [5.41, 5.74) is 10.0. The van der Waals surface area contributed by atoms with Gasteiger partial charge in [-0.1, -0.05) is 42.0 Å². The summed E-state index contributed by atoms with van der Waals surface area (Å²) in [6.45, 7) is 2.10. The van der Waals surface area contributed by atoms with Crippen LogP contribution in [0.2, 0.25) is 0 Å². The zero-order valence-electron chi connectivity index (χ0n) is 9.86. The summed E-state index contributed by atoms with van der Waals surface area (Å²) in [4.78, 5) is 0. The minimum absolute atomic E-state index is 0.0763. The molecule has 0 amide bonds. The number of benzene rings is 2. The van der Waals surface area contributed by atoms with Gasteiger partial charge in [-0.15, -0.1) is 0 Å². The summed E-state index contributed by atoms with van der Waals surface area (Å²) in [5, 5.41) is 0. The Bertz CT molecular complexity index is 491. The van der Waals surface area contributed by atoms with Crippen LogP contribution in [0, 0.1) is 10.5 Å². The number of halogens is 1. The highest BCUT2D eigenvalue weighted by Gasteiger charge is 2.07.